The second-order valence-corrected chi connectivity index (χ2v) is 7.29. The standard InChI is InChI=1S/C20H29N3O3/c1-13-14(2)21-17-6-5-15(11-16(13)17)20(24)22-18-7-9-25-12-19(18)26-10-8-23(3)4/h5-6,11,18-19,21H,7-10,12H2,1-4H3,(H,22,24)/t18-,19-/m1/s1. The van der Waals surface area contributed by atoms with E-state index in [0.717, 1.165) is 29.6 Å². The minimum Gasteiger partial charge on any atom is -0.379 e. The van der Waals surface area contributed by atoms with E-state index in [2.05, 4.69) is 22.1 Å². The highest BCUT2D eigenvalue weighted by Crippen LogP contribution is 2.22. The first-order valence-corrected chi connectivity index (χ1v) is 9.19. The number of aryl methyl sites for hydroxylation is 2. The zero-order chi connectivity index (χ0) is 18.7. The Morgan fingerprint density at radius 1 is 1.38 bits per heavy atom. The molecule has 0 saturated carbocycles. The summed E-state index contributed by atoms with van der Waals surface area (Å²) >= 11 is 0. The molecule has 1 fully saturated rings. The van der Waals surface area contributed by atoms with Crippen LogP contribution in [0.25, 0.3) is 10.9 Å². The fourth-order valence-corrected chi connectivity index (χ4v) is 3.28. The molecule has 1 aromatic carbocycles. The summed E-state index contributed by atoms with van der Waals surface area (Å²) in [6.45, 7) is 6.76. The summed E-state index contributed by atoms with van der Waals surface area (Å²) in [6, 6.07) is 5.78. The number of nitrogens with one attached hydrogen (secondary N) is 2. The van der Waals surface area contributed by atoms with E-state index >= 15 is 0 Å². The summed E-state index contributed by atoms with van der Waals surface area (Å²) in [6.07, 6.45) is 0.663. The number of rotatable bonds is 6. The lowest BCUT2D eigenvalue weighted by atomic mass is 10.0. The van der Waals surface area contributed by atoms with Gasteiger partial charge in [0.25, 0.3) is 5.91 Å². The maximum Gasteiger partial charge on any atom is 0.251 e. The Hall–Kier alpha value is -1.89. The van der Waals surface area contributed by atoms with E-state index in [4.69, 9.17) is 9.47 Å². The predicted molar refractivity (Wildman–Crippen MR) is 103 cm³/mol. The molecule has 1 aliphatic rings. The van der Waals surface area contributed by atoms with Crippen molar-refractivity contribution in [1.82, 2.24) is 15.2 Å². The fraction of sp³-hybridized carbons (Fsp3) is 0.550. The van der Waals surface area contributed by atoms with Crippen LogP contribution in [0.4, 0.5) is 0 Å². The molecule has 6 heteroatoms. The normalized spacial score (nSPS) is 20.7. The number of aromatic nitrogens is 1. The average molecular weight is 359 g/mol. The van der Waals surface area contributed by atoms with Crippen LogP contribution in [0.2, 0.25) is 0 Å². The van der Waals surface area contributed by atoms with Gasteiger partial charge in [0.05, 0.1) is 19.3 Å². The molecule has 0 unspecified atom stereocenters. The smallest absolute Gasteiger partial charge is 0.251 e. The molecule has 1 aliphatic heterocycles. The van der Waals surface area contributed by atoms with Gasteiger partial charge in [-0.05, 0) is 58.1 Å². The molecule has 6 nitrogen and oxygen atoms in total. The number of carbonyl (C=O) groups excluding carboxylic acids is 1. The van der Waals surface area contributed by atoms with Crippen molar-refractivity contribution in [2.24, 2.45) is 0 Å². The maximum absolute atomic E-state index is 12.8. The monoisotopic (exact) mass is 359 g/mol. The molecular weight excluding hydrogens is 330 g/mol. The minimum absolute atomic E-state index is 0.0248. The number of ether oxygens (including phenoxy) is 2. The first kappa shape index (κ1) is 18.9. The number of hydrogen-bond donors (Lipinski definition) is 2. The third kappa shape index (κ3) is 4.26. The van der Waals surface area contributed by atoms with Crippen molar-refractivity contribution in [3.05, 3.63) is 35.0 Å². The van der Waals surface area contributed by atoms with Crippen molar-refractivity contribution in [1.29, 1.82) is 0 Å². The Labute approximate surface area is 154 Å². The topological polar surface area (TPSA) is 66.6 Å². The SMILES string of the molecule is Cc1[nH]c2ccc(C(=O)N[C@@H]3CCOC[C@H]3OCCN(C)C)cc2c1C. The number of carbonyl (C=O) groups is 1. The van der Waals surface area contributed by atoms with Crippen LogP contribution in [0.1, 0.15) is 28.0 Å². The first-order chi connectivity index (χ1) is 12.5. The van der Waals surface area contributed by atoms with Gasteiger partial charge in [0.2, 0.25) is 0 Å². The van der Waals surface area contributed by atoms with Gasteiger partial charge < -0.3 is 24.7 Å². The van der Waals surface area contributed by atoms with Crippen molar-refractivity contribution >= 4 is 16.8 Å². The van der Waals surface area contributed by atoms with Gasteiger partial charge in [0, 0.05) is 35.3 Å². The molecule has 1 aromatic heterocycles. The fourth-order valence-electron chi connectivity index (χ4n) is 3.28. The number of benzene rings is 1. The molecule has 2 N–H and O–H groups in total. The molecule has 1 amide bonds. The van der Waals surface area contributed by atoms with Crippen molar-refractivity contribution in [3.8, 4) is 0 Å². The predicted octanol–water partition coefficient (Wildman–Crippen LogP) is 2.25. The van der Waals surface area contributed by atoms with E-state index < -0.39 is 0 Å². The van der Waals surface area contributed by atoms with Crippen LogP contribution in [0.3, 0.4) is 0 Å². The molecule has 2 heterocycles. The van der Waals surface area contributed by atoms with Gasteiger partial charge in [0.15, 0.2) is 0 Å². The Balaban J connectivity index is 1.68. The zero-order valence-corrected chi connectivity index (χ0v) is 16.1. The van der Waals surface area contributed by atoms with Crippen LogP contribution >= 0.6 is 0 Å². The molecule has 0 spiro atoms. The van der Waals surface area contributed by atoms with Crippen LogP contribution in [-0.2, 0) is 9.47 Å². The molecule has 2 aromatic rings. The lowest BCUT2D eigenvalue weighted by molar-refractivity contribution is -0.0690. The van der Waals surface area contributed by atoms with Gasteiger partial charge in [-0.15, -0.1) is 0 Å². The second kappa shape index (κ2) is 8.20. The highest BCUT2D eigenvalue weighted by Gasteiger charge is 2.28. The van der Waals surface area contributed by atoms with E-state index in [1.165, 1.54) is 5.56 Å². The Kier molecular flexibility index (Phi) is 5.96. The van der Waals surface area contributed by atoms with Crippen LogP contribution < -0.4 is 5.32 Å². The van der Waals surface area contributed by atoms with Crippen molar-refractivity contribution in [3.63, 3.8) is 0 Å². The number of hydrogen-bond acceptors (Lipinski definition) is 4. The lowest BCUT2D eigenvalue weighted by Crippen LogP contribution is -2.50. The lowest BCUT2D eigenvalue weighted by Gasteiger charge is -2.32. The van der Waals surface area contributed by atoms with E-state index in [9.17, 15) is 4.79 Å². The highest BCUT2D eigenvalue weighted by atomic mass is 16.5. The largest absolute Gasteiger partial charge is 0.379 e. The molecule has 0 aliphatic carbocycles. The number of amides is 1. The summed E-state index contributed by atoms with van der Waals surface area (Å²) < 4.78 is 11.5. The summed E-state index contributed by atoms with van der Waals surface area (Å²) in [7, 11) is 4.03. The van der Waals surface area contributed by atoms with Crippen LogP contribution in [0, 0.1) is 13.8 Å². The molecule has 142 valence electrons. The summed E-state index contributed by atoms with van der Waals surface area (Å²) in [5, 5.41) is 4.24. The Bertz CT molecular complexity index is 769. The molecule has 0 bridgehead atoms. The Morgan fingerprint density at radius 2 is 2.19 bits per heavy atom. The molecule has 1 saturated heterocycles. The summed E-state index contributed by atoms with van der Waals surface area (Å²) in [4.78, 5) is 18.2. The van der Waals surface area contributed by atoms with Crippen LogP contribution in [-0.4, -0.2) is 68.4 Å². The van der Waals surface area contributed by atoms with Crippen LogP contribution in [0.5, 0.6) is 0 Å². The number of H-pyrrole nitrogens is 1. The molecule has 3 rings (SSSR count). The molecule has 0 radical (unpaired) electrons. The minimum atomic E-state index is -0.104. The third-order valence-electron chi connectivity index (χ3n) is 5.06. The van der Waals surface area contributed by atoms with E-state index in [-0.39, 0.29) is 18.1 Å². The quantitative estimate of drug-likeness (QED) is 0.830. The summed E-state index contributed by atoms with van der Waals surface area (Å²) in [5.74, 6) is -0.0572. The number of fused-ring (bicyclic) bond motifs is 1. The number of aromatic amines is 1. The molecule has 2 atom stereocenters. The van der Waals surface area contributed by atoms with Crippen molar-refractivity contribution in [2.75, 3.05) is 40.5 Å². The van der Waals surface area contributed by atoms with Gasteiger partial charge in [-0.1, -0.05) is 0 Å². The van der Waals surface area contributed by atoms with E-state index in [0.29, 0.717) is 25.4 Å². The van der Waals surface area contributed by atoms with Crippen LogP contribution in [0.15, 0.2) is 18.2 Å². The molecule has 26 heavy (non-hydrogen) atoms. The second-order valence-electron chi connectivity index (χ2n) is 7.29. The highest BCUT2D eigenvalue weighted by molar-refractivity contribution is 5.99. The van der Waals surface area contributed by atoms with Gasteiger partial charge >= 0.3 is 0 Å². The van der Waals surface area contributed by atoms with Gasteiger partial charge in [-0.2, -0.15) is 0 Å². The summed E-state index contributed by atoms with van der Waals surface area (Å²) in [5.41, 5.74) is 4.06. The van der Waals surface area contributed by atoms with Crippen molar-refractivity contribution in [2.45, 2.75) is 32.4 Å². The van der Waals surface area contributed by atoms with Gasteiger partial charge in [0.1, 0.15) is 6.10 Å². The van der Waals surface area contributed by atoms with E-state index in [1.807, 2.05) is 39.2 Å². The number of nitrogens with zero attached hydrogens (tertiary/aromatic N) is 1. The molecular formula is C20H29N3O3. The average Bonchev–Trinajstić information content (AvgIpc) is 2.90. The number of likely N-dealkylation sites (N-methyl/N-ethyl adjacent to an activating group) is 1. The van der Waals surface area contributed by atoms with Crippen molar-refractivity contribution < 1.29 is 14.3 Å². The zero-order valence-electron chi connectivity index (χ0n) is 16.1. The van der Waals surface area contributed by atoms with Gasteiger partial charge in [-0.25, -0.2) is 0 Å². The third-order valence-corrected chi connectivity index (χ3v) is 5.06. The maximum atomic E-state index is 12.8. The first-order valence-electron chi connectivity index (χ1n) is 9.19. The Morgan fingerprint density at radius 3 is 2.96 bits per heavy atom. The van der Waals surface area contributed by atoms with Gasteiger partial charge in [-0.3, -0.25) is 4.79 Å². The van der Waals surface area contributed by atoms with E-state index in [1.54, 1.807) is 0 Å².